The van der Waals surface area contributed by atoms with Crippen molar-refractivity contribution in [2.75, 3.05) is 11.6 Å². The molecule has 124 valence electrons. The number of thioether (sulfide) groups is 1. The first-order valence-electron chi connectivity index (χ1n) is 7.96. The Morgan fingerprint density at radius 3 is 2.38 bits per heavy atom. The van der Waals surface area contributed by atoms with Gasteiger partial charge in [0, 0.05) is 11.3 Å². The van der Waals surface area contributed by atoms with Crippen LogP contribution in [-0.4, -0.2) is 34.4 Å². The van der Waals surface area contributed by atoms with Crippen molar-refractivity contribution in [1.82, 2.24) is 10.2 Å². The first kappa shape index (κ1) is 16.6. The summed E-state index contributed by atoms with van der Waals surface area (Å²) in [6.07, 6.45) is 0. The highest BCUT2D eigenvalue weighted by molar-refractivity contribution is 7.99. The molecule has 2 amide bonds. The number of hydrogen-bond acceptors (Lipinski definition) is 3. The van der Waals surface area contributed by atoms with Gasteiger partial charge in [-0.25, -0.2) is 0 Å². The van der Waals surface area contributed by atoms with Gasteiger partial charge in [-0.15, -0.1) is 11.8 Å². The first-order chi connectivity index (χ1) is 11.7. The zero-order valence-electron chi connectivity index (χ0n) is 13.5. The van der Waals surface area contributed by atoms with Gasteiger partial charge in [0.15, 0.2) is 0 Å². The Balaban J connectivity index is 1.69. The monoisotopic (exact) mass is 340 g/mol. The standard InChI is InChI=1S/C19H20N2O2S/c1-14(15-8-4-2-5-9-15)20-18(22)17-12-24-13-21(17)19(23)16-10-6-3-7-11-16/h2-11,14,17H,12-13H2,1H3,(H,20,22)/t14?,17-/m0/s1. The second-order valence-electron chi connectivity index (χ2n) is 5.80. The molecule has 1 unspecified atom stereocenters. The quantitative estimate of drug-likeness (QED) is 0.930. The van der Waals surface area contributed by atoms with E-state index in [-0.39, 0.29) is 17.9 Å². The second kappa shape index (κ2) is 7.53. The summed E-state index contributed by atoms with van der Waals surface area (Å²) in [5.74, 6) is 0.992. The summed E-state index contributed by atoms with van der Waals surface area (Å²) < 4.78 is 0. The van der Waals surface area contributed by atoms with E-state index >= 15 is 0 Å². The molecule has 0 aromatic heterocycles. The van der Waals surface area contributed by atoms with Gasteiger partial charge in [-0.05, 0) is 24.6 Å². The Morgan fingerprint density at radius 1 is 1.08 bits per heavy atom. The summed E-state index contributed by atoms with van der Waals surface area (Å²) in [6, 6.07) is 18.4. The molecule has 0 aliphatic carbocycles. The van der Waals surface area contributed by atoms with Gasteiger partial charge in [0.1, 0.15) is 6.04 Å². The van der Waals surface area contributed by atoms with Gasteiger partial charge in [0.25, 0.3) is 5.91 Å². The van der Waals surface area contributed by atoms with Gasteiger partial charge in [-0.1, -0.05) is 48.5 Å². The molecule has 1 N–H and O–H groups in total. The lowest BCUT2D eigenvalue weighted by atomic mass is 10.1. The molecule has 5 heteroatoms. The van der Waals surface area contributed by atoms with E-state index in [2.05, 4.69) is 5.32 Å². The molecule has 0 spiro atoms. The lowest BCUT2D eigenvalue weighted by Gasteiger charge is -2.25. The van der Waals surface area contributed by atoms with Gasteiger partial charge in [0.2, 0.25) is 5.91 Å². The molecule has 1 saturated heterocycles. The van der Waals surface area contributed by atoms with Gasteiger partial charge < -0.3 is 10.2 Å². The third kappa shape index (κ3) is 3.62. The average molecular weight is 340 g/mol. The molecule has 2 aromatic rings. The Morgan fingerprint density at radius 2 is 1.71 bits per heavy atom. The summed E-state index contributed by atoms with van der Waals surface area (Å²) in [5.41, 5.74) is 1.67. The molecule has 2 aromatic carbocycles. The SMILES string of the molecule is CC(NC(=O)[C@@H]1CSCN1C(=O)c1ccccc1)c1ccccc1. The van der Waals surface area contributed by atoms with Crippen LogP contribution in [0, 0.1) is 0 Å². The van der Waals surface area contributed by atoms with Gasteiger partial charge in [-0.2, -0.15) is 0 Å². The van der Waals surface area contributed by atoms with Crippen LogP contribution in [-0.2, 0) is 4.79 Å². The van der Waals surface area contributed by atoms with Gasteiger partial charge >= 0.3 is 0 Å². The van der Waals surface area contributed by atoms with E-state index in [0.717, 1.165) is 5.56 Å². The summed E-state index contributed by atoms with van der Waals surface area (Å²) in [6.45, 7) is 1.96. The van der Waals surface area contributed by atoms with Crippen molar-refractivity contribution < 1.29 is 9.59 Å². The van der Waals surface area contributed by atoms with Crippen molar-refractivity contribution in [2.24, 2.45) is 0 Å². The Kier molecular flexibility index (Phi) is 5.20. The zero-order valence-corrected chi connectivity index (χ0v) is 14.3. The molecule has 4 nitrogen and oxygen atoms in total. The van der Waals surface area contributed by atoms with E-state index in [4.69, 9.17) is 0 Å². The molecule has 1 aliphatic rings. The van der Waals surface area contributed by atoms with Crippen LogP contribution >= 0.6 is 11.8 Å². The molecule has 1 aliphatic heterocycles. The van der Waals surface area contributed by atoms with Crippen LogP contribution in [0.25, 0.3) is 0 Å². The van der Waals surface area contributed by atoms with E-state index in [9.17, 15) is 9.59 Å². The molecular weight excluding hydrogens is 320 g/mol. The van der Waals surface area contributed by atoms with E-state index in [0.29, 0.717) is 17.2 Å². The highest BCUT2D eigenvalue weighted by Gasteiger charge is 2.35. The average Bonchev–Trinajstić information content (AvgIpc) is 3.12. The maximum Gasteiger partial charge on any atom is 0.255 e. The fourth-order valence-electron chi connectivity index (χ4n) is 2.74. The Labute approximate surface area is 146 Å². The molecule has 1 fully saturated rings. The largest absolute Gasteiger partial charge is 0.348 e. The lowest BCUT2D eigenvalue weighted by molar-refractivity contribution is -0.125. The maximum atomic E-state index is 12.7. The normalized spacial score (nSPS) is 18.2. The smallest absolute Gasteiger partial charge is 0.255 e. The van der Waals surface area contributed by atoms with E-state index in [1.54, 1.807) is 28.8 Å². The second-order valence-corrected chi connectivity index (χ2v) is 6.80. The zero-order chi connectivity index (χ0) is 16.9. The van der Waals surface area contributed by atoms with E-state index in [1.165, 1.54) is 0 Å². The maximum absolute atomic E-state index is 12.7. The van der Waals surface area contributed by atoms with Crippen molar-refractivity contribution in [2.45, 2.75) is 19.0 Å². The van der Waals surface area contributed by atoms with Crippen LogP contribution in [0.2, 0.25) is 0 Å². The number of rotatable bonds is 4. The van der Waals surface area contributed by atoms with Crippen LogP contribution in [0.1, 0.15) is 28.9 Å². The fourth-order valence-corrected chi connectivity index (χ4v) is 3.90. The van der Waals surface area contributed by atoms with E-state index < -0.39 is 6.04 Å². The molecule has 0 radical (unpaired) electrons. The summed E-state index contributed by atoms with van der Waals surface area (Å²) in [7, 11) is 0. The highest BCUT2D eigenvalue weighted by Crippen LogP contribution is 2.24. The summed E-state index contributed by atoms with van der Waals surface area (Å²) >= 11 is 1.61. The molecule has 24 heavy (non-hydrogen) atoms. The van der Waals surface area contributed by atoms with Crippen LogP contribution in [0.15, 0.2) is 60.7 Å². The van der Waals surface area contributed by atoms with Gasteiger partial charge in [0.05, 0.1) is 11.9 Å². The van der Waals surface area contributed by atoms with Crippen LogP contribution in [0.3, 0.4) is 0 Å². The van der Waals surface area contributed by atoms with Crippen LogP contribution < -0.4 is 5.32 Å². The predicted molar refractivity (Wildman–Crippen MR) is 96.7 cm³/mol. The number of carbonyl (C=O) groups excluding carboxylic acids is 2. The third-order valence-electron chi connectivity index (χ3n) is 4.12. The third-order valence-corrected chi connectivity index (χ3v) is 5.14. The number of carbonyl (C=O) groups is 2. The van der Waals surface area contributed by atoms with Gasteiger partial charge in [-0.3, -0.25) is 9.59 Å². The first-order valence-corrected chi connectivity index (χ1v) is 9.11. The van der Waals surface area contributed by atoms with Crippen LogP contribution in [0.4, 0.5) is 0 Å². The minimum absolute atomic E-state index is 0.0852. The molecule has 1 heterocycles. The molecule has 0 saturated carbocycles. The molecular formula is C19H20N2O2S. The lowest BCUT2D eigenvalue weighted by Crippen LogP contribution is -2.47. The highest BCUT2D eigenvalue weighted by atomic mass is 32.2. The van der Waals surface area contributed by atoms with Crippen molar-refractivity contribution >= 4 is 23.6 Å². The molecule has 0 bridgehead atoms. The van der Waals surface area contributed by atoms with Crippen LogP contribution in [0.5, 0.6) is 0 Å². The Bertz CT molecular complexity index is 706. The number of hydrogen-bond donors (Lipinski definition) is 1. The summed E-state index contributed by atoms with van der Waals surface area (Å²) in [4.78, 5) is 27.0. The predicted octanol–water partition coefficient (Wildman–Crippen LogP) is 3.08. The summed E-state index contributed by atoms with van der Waals surface area (Å²) in [5, 5.41) is 3.03. The molecule has 3 rings (SSSR count). The van der Waals surface area contributed by atoms with Crippen molar-refractivity contribution in [3.63, 3.8) is 0 Å². The number of nitrogens with zero attached hydrogens (tertiary/aromatic N) is 1. The number of amides is 2. The fraction of sp³-hybridized carbons (Fsp3) is 0.263. The number of nitrogens with one attached hydrogen (secondary N) is 1. The van der Waals surface area contributed by atoms with Crippen molar-refractivity contribution in [1.29, 1.82) is 0 Å². The Hall–Kier alpha value is -2.27. The minimum atomic E-state index is -0.422. The van der Waals surface area contributed by atoms with E-state index in [1.807, 2.05) is 55.5 Å². The number of benzene rings is 2. The van der Waals surface area contributed by atoms with Crippen molar-refractivity contribution in [3.05, 3.63) is 71.8 Å². The topological polar surface area (TPSA) is 49.4 Å². The minimum Gasteiger partial charge on any atom is -0.348 e. The van der Waals surface area contributed by atoms with Crippen molar-refractivity contribution in [3.8, 4) is 0 Å². The molecule has 2 atom stereocenters.